The lowest BCUT2D eigenvalue weighted by Crippen LogP contribution is -2.02. The van der Waals surface area contributed by atoms with Crippen molar-refractivity contribution in [1.29, 1.82) is 0 Å². The Morgan fingerprint density at radius 2 is 2.17 bits per heavy atom. The molecule has 1 unspecified atom stereocenters. The molecule has 1 heterocycles. The third-order valence-corrected chi connectivity index (χ3v) is 2.90. The Morgan fingerprint density at radius 1 is 1.39 bits per heavy atom. The summed E-state index contributed by atoms with van der Waals surface area (Å²) in [7, 11) is 1.42. The van der Waals surface area contributed by atoms with E-state index in [9.17, 15) is 9.50 Å². The Morgan fingerprint density at radius 3 is 2.72 bits per heavy atom. The van der Waals surface area contributed by atoms with E-state index in [-0.39, 0.29) is 5.75 Å². The van der Waals surface area contributed by atoms with Crippen LogP contribution in [0.4, 0.5) is 4.39 Å². The number of halogens is 1. The normalized spacial score (nSPS) is 12.4. The molecule has 0 amide bonds. The highest BCUT2D eigenvalue weighted by Crippen LogP contribution is 2.24. The van der Waals surface area contributed by atoms with Crippen LogP contribution in [0, 0.1) is 12.7 Å². The number of ether oxygens (including phenoxy) is 1. The topological polar surface area (TPSA) is 42.6 Å². The molecule has 0 aliphatic rings. The highest BCUT2D eigenvalue weighted by atomic mass is 19.1. The van der Waals surface area contributed by atoms with E-state index < -0.39 is 11.9 Å². The molecule has 4 heteroatoms. The van der Waals surface area contributed by atoms with Crippen LogP contribution in [0.3, 0.4) is 0 Å². The summed E-state index contributed by atoms with van der Waals surface area (Å²) in [6.07, 6.45) is 1.17. The molecule has 3 nitrogen and oxygen atoms in total. The fourth-order valence-corrected chi connectivity index (χ4v) is 1.91. The fraction of sp³-hybridized carbons (Fsp3) is 0.286. The second kappa shape index (κ2) is 5.23. The third kappa shape index (κ3) is 2.54. The second-order valence-electron chi connectivity index (χ2n) is 4.12. The van der Waals surface area contributed by atoms with Gasteiger partial charge in [0.2, 0.25) is 0 Å². The van der Waals surface area contributed by atoms with Gasteiger partial charge in [-0.2, -0.15) is 0 Å². The van der Waals surface area contributed by atoms with Crippen LogP contribution in [0.25, 0.3) is 0 Å². The molecule has 0 saturated heterocycles. The Hall–Kier alpha value is -1.81. The number of aliphatic hydroxyl groups is 1. The Kier molecular flexibility index (Phi) is 3.67. The van der Waals surface area contributed by atoms with Gasteiger partial charge in [-0.3, -0.25) is 0 Å². The Bertz CT molecular complexity index is 534. The van der Waals surface area contributed by atoms with E-state index in [4.69, 9.17) is 9.15 Å². The largest absolute Gasteiger partial charge is 0.494 e. The number of aliphatic hydroxyl groups excluding tert-OH is 1. The molecule has 96 valence electrons. The summed E-state index contributed by atoms with van der Waals surface area (Å²) >= 11 is 0. The highest BCUT2D eigenvalue weighted by molar-refractivity contribution is 5.31. The summed E-state index contributed by atoms with van der Waals surface area (Å²) in [6.45, 7) is 1.78. The van der Waals surface area contributed by atoms with Gasteiger partial charge in [0.1, 0.15) is 5.76 Å². The Labute approximate surface area is 105 Å². The van der Waals surface area contributed by atoms with Gasteiger partial charge in [0, 0.05) is 12.0 Å². The zero-order valence-electron chi connectivity index (χ0n) is 10.3. The molecular weight excluding hydrogens is 235 g/mol. The van der Waals surface area contributed by atoms with Crippen LogP contribution in [-0.2, 0) is 6.42 Å². The maximum absolute atomic E-state index is 13.5. The van der Waals surface area contributed by atoms with Gasteiger partial charge in [-0.15, -0.1) is 0 Å². The minimum atomic E-state index is -0.698. The van der Waals surface area contributed by atoms with Crippen molar-refractivity contribution in [3.05, 3.63) is 53.2 Å². The smallest absolute Gasteiger partial charge is 0.165 e. The van der Waals surface area contributed by atoms with Gasteiger partial charge in [0.15, 0.2) is 11.6 Å². The van der Waals surface area contributed by atoms with Gasteiger partial charge in [0.25, 0.3) is 0 Å². The summed E-state index contributed by atoms with van der Waals surface area (Å²) in [5, 5.41) is 10.0. The number of benzene rings is 1. The number of methoxy groups -OCH3 is 1. The van der Waals surface area contributed by atoms with E-state index in [1.165, 1.54) is 19.4 Å². The van der Waals surface area contributed by atoms with Crippen molar-refractivity contribution < 1.29 is 18.7 Å². The summed E-state index contributed by atoms with van der Waals surface area (Å²) in [5.74, 6) is 0.454. The molecule has 2 rings (SSSR count). The Balaban J connectivity index is 2.15. The highest BCUT2D eigenvalue weighted by Gasteiger charge is 2.14. The molecule has 1 aromatic heterocycles. The van der Waals surface area contributed by atoms with E-state index in [0.717, 1.165) is 5.56 Å². The molecule has 1 N–H and O–H groups in total. The first-order valence-corrected chi connectivity index (χ1v) is 5.66. The number of hydrogen-bond donors (Lipinski definition) is 1. The lowest BCUT2D eigenvalue weighted by Gasteiger charge is -2.10. The molecule has 0 saturated carbocycles. The van der Waals surface area contributed by atoms with Crippen molar-refractivity contribution >= 4 is 0 Å². The van der Waals surface area contributed by atoms with Crippen molar-refractivity contribution in [2.24, 2.45) is 0 Å². The second-order valence-corrected chi connectivity index (χ2v) is 4.12. The first-order chi connectivity index (χ1) is 8.61. The van der Waals surface area contributed by atoms with Crippen molar-refractivity contribution in [2.75, 3.05) is 7.11 Å². The van der Waals surface area contributed by atoms with Crippen molar-refractivity contribution in [3.8, 4) is 5.75 Å². The van der Waals surface area contributed by atoms with Crippen molar-refractivity contribution in [3.63, 3.8) is 0 Å². The molecule has 2 aromatic rings. The fourth-order valence-electron chi connectivity index (χ4n) is 1.91. The van der Waals surface area contributed by atoms with E-state index in [1.54, 1.807) is 25.1 Å². The van der Waals surface area contributed by atoms with Gasteiger partial charge in [-0.1, -0.05) is 6.07 Å². The SMILES string of the molecule is COc1ccc(CC(O)c2ccoc2C)cc1F. The first kappa shape index (κ1) is 12.6. The predicted octanol–water partition coefficient (Wildman–Crippen LogP) is 3.01. The van der Waals surface area contributed by atoms with Crippen LogP contribution < -0.4 is 4.74 Å². The van der Waals surface area contributed by atoms with Crippen molar-refractivity contribution in [2.45, 2.75) is 19.4 Å². The summed E-state index contributed by atoms with van der Waals surface area (Å²) in [6, 6.07) is 6.39. The quantitative estimate of drug-likeness (QED) is 0.907. The summed E-state index contributed by atoms with van der Waals surface area (Å²) in [5.41, 5.74) is 1.44. The number of rotatable bonds is 4. The lowest BCUT2D eigenvalue weighted by atomic mass is 10.0. The molecular formula is C14H15FO3. The van der Waals surface area contributed by atoms with Crippen LogP contribution in [0.15, 0.2) is 34.9 Å². The monoisotopic (exact) mass is 250 g/mol. The van der Waals surface area contributed by atoms with E-state index in [0.29, 0.717) is 17.7 Å². The zero-order valence-corrected chi connectivity index (χ0v) is 10.3. The molecule has 0 fully saturated rings. The molecule has 1 aromatic carbocycles. The number of furan rings is 1. The maximum Gasteiger partial charge on any atom is 0.165 e. The summed E-state index contributed by atoms with van der Waals surface area (Å²) < 4.78 is 23.5. The molecule has 0 aliphatic carbocycles. The van der Waals surface area contributed by atoms with E-state index in [2.05, 4.69) is 0 Å². The first-order valence-electron chi connectivity index (χ1n) is 5.66. The molecule has 1 atom stereocenters. The van der Waals surface area contributed by atoms with Crippen LogP contribution in [0.1, 0.15) is 23.0 Å². The molecule has 0 spiro atoms. The van der Waals surface area contributed by atoms with Gasteiger partial charge >= 0.3 is 0 Å². The maximum atomic E-state index is 13.5. The van der Waals surface area contributed by atoms with E-state index >= 15 is 0 Å². The van der Waals surface area contributed by atoms with Crippen molar-refractivity contribution in [1.82, 2.24) is 0 Å². The average molecular weight is 250 g/mol. The van der Waals surface area contributed by atoms with Crippen LogP contribution in [0.2, 0.25) is 0 Å². The number of aryl methyl sites for hydroxylation is 1. The minimum absolute atomic E-state index is 0.202. The van der Waals surface area contributed by atoms with Crippen LogP contribution in [0.5, 0.6) is 5.75 Å². The zero-order chi connectivity index (χ0) is 13.1. The molecule has 18 heavy (non-hydrogen) atoms. The molecule has 0 aliphatic heterocycles. The van der Waals surface area contributed by atoms with Crippen LogP contribution in [-0.4, -0.2) is 12.2 Å². The predicted molar refractivity (Wildman–Crippen MR) is 65.1 cm³/mol. The molecule has 0 bridgehead atoms. The lowest BCUT2D eigenvalue weighted by molar-refractivity contribution is 0.176. The summed E-state index contributed by atoms with van der Waals surface area (Å²) in [4.78, 5) is 0. The van der Waals surface area contributed by atoms with Gasteiger partial charge in [-0.25, -0.2) is 4.39 Å². The standard InChI is InChI=1S/C14H15FO3/c1-9-11(5-6-18-9)13(16)8-10-3-4-14(17-2)12(15)7-10/h3-7,13,16H,8H2,1-2H3. The third-order valence-electron chi connectivity index (χ3n) is 2.90. The van der Waals surface area contributed by atoms with Gasteiger partial charge in [0.05, 0.1) is 19.5 Å². The van der Waals surface area contributed by atoms with Crippen LogP contribution >= 0.6 is 0 Å². The molecule has 0 radical (unpaired) electrons. The van der Waals surface area contributed by atoms with Gasteiger partial charge in [-0.05, 0) is 30.7 Å². The van der Waals surface area contributed by atoms with E-state index in [1.807, 2.05) is 0 Å². The minimum Gasteiger partial charge on any atom is -0.494 e. The van der Waals surface area contributed by atoms with Gasteiger partial charge < -0.3 is 14.3 Å². The number of hydrogen-bond acceptors (Lipinski definition) is 3. The average Bonchev–Trinajstić information content (AvgIpc) is 2.76.